The van der Waals surface area contributed by atoms with Gasteiger partial charge >= 0.3 is 0 Å². The fourth-order valence-electron chi connectivity index (χ4n) is 1.03. The Morgan fingerprint density at radius 3 is 2.57 bits per heavy atom. The van der Waals surface area contributed by atoms with Crippen LogP contribution < -0.4 is 5.73 Å². The van der Waals surface area contributed by atoms with Crippen LogP contribution in [0.3, 0.4) is 0 Å². The summed E-state index contributed by atoms with van der Waals surface area (Å²) in [6.45, 7) is 0. The molecular formula is C9H6BrN3O. The lowest BCUT2D eigenvalue weighted by Crippen LogP contribution is -2.08. The molecule has 5 heteroatoms. The van der Waals surface area contributed by atoms with E-state index in [0.29, 0.717) is 4.47 Å². The van der Waals surface area contributed by atoms with Crippen LogP contribution >= 0.6 is 15.9 Å². The number of aromatic hydroxyl groups is 1. The number of halogens is 1. The number of nitriles is 2. The third kappa shape index (κ3) is 1.69. The Balaban J connectivity index is 3.43. The minimum atomic E-state index is -0.947. The van der Waals surface area contributed by atoms with Crippen LogP contribution in [0.1, 0.15) is 17.2 Å². The second-order valence-electron chi connectivity index (χ2n) is 2.58. The maximum atomic E-state index is 9.59. The van der Waals surface area contributed by atoms with Crippen LogP contribution in [0.25, 0.3) is 0 Å². The molecule has 0 radical (unpaired) electrons. The van der Waals surface area contributed by atoms with Crippen molar-refractivity contribution >= 4 is 15.9 Å². The van der Waals surface area contributed by atoms with E-state index in [1.54, 1.807) is 18.2 Å². The normalized spacial score (nSPS) is 11.4. The van der Waals surface area contributed by atoms with Gasteiger partial charge in [0.15, 0.2) is 0 Å². The molecule has 3 N–H and O–H groups in total. The van der Waals surface area contributed by atoms with E-state index in [1.807, 2.05) is 0 Å². The van der Waals surface area contributed by atoms with Gasteiger partial charge in [0.05, 0.1) is 11.6 Å². The smallest absolute Gasteiger partial charge is 0.140 e. The van der Waals surface area contributed by atoms with Crippen LogP contribution in [-0.2, 0) is 0 Å². The van der Waals surface area contributed by atoms with E-state index in [2.05, 4.69) is 15.9 Å². The Morgan fingerprint density at radius 1 is 1.43 bits per heavy atom. The highest BCUT2D eigenvalue weighted by molar-refractivity contribution is 9.10. The Kier molecular flexibility index (Phi) is 3.08. The van der Waals surface area contributed by atoms with Crippen LogP contribution in [0.4, 0.5) is 0 Å². The highest BCUT2D eigenvalue weighted by atomic mass is 79.9. The van der Waals surface area contributed by atoms with Gasteiger partial charge < -0.3 is 10.8 Å². The summed E-state index contributed by atoms with van der Waals surface area (Å²) in [6, 6.07) is 5.68. The first-order chi connectivity index (χ1) is 6.61. The molecule has 1 aromatic carbocycles. The molecule has 1 rings (SSSR count). The largest absolute Gasteiger partial charge is 0.506 e. The van der Waals surface area contributed by atoms with Gasteiger partial charge in [0.2, 0.25) is 0 Å². The summed E-state index contributed by atoms with van der Waals surface area (Å²) < 4.78 is 0.517. The van der Waals surface area contributed by atoms with Crippen LogP contribution in [0.15, 0.2) is 16.6 Å². The Bertz CT molecular complexity index is 445. The topological polar surface area (TPSA) is 93.8 Å². The quantitative estimate of drug-likeness (QED) is 0.792. The molecule has 4 nitrogen and oxygen atoms in total. The highest BCUT2D eigenvalue weighted by Gasteiger charge is 2.16. The molecular weight excluding hydrogens is 246 g/mol. The zero-order chi connectivity index (χ0) is 10.7. The molecule has 1 atom stereocenters. The van der Waals surface area contributed by atoms with Gasteiger partial charge in [-0.3, -0.25) is 0 Å². The van der Waals surface area contributed by atoms with Crippen molar-refractivity contribution in [2.75, 3.05) is 0 Å². The number of phenols is 1. The van der Waals surface area contributed by atoms with Crippen LogP contribution in [0, 0.1) is 22.7 Å². The number of nitrogens with zero attached hydrogens (tertiary/aromatic N) is 2. The molecule has 0 unspecified atom stereocenters. The van der Waals surface area contributed by atoms with E-state index in [4.69, 9.17) is 16.3 Å². The van der Waals surface area contributed by atoms with Crippen molar-refractivity contribution in [3.05, 3.63) is 27.7 Å². The van der Waals surface area contributed by atoms with E-state index in [1.165, 1.54) is 6.07 Å². The maximum Gasteiger partial charge on any atom is 0.140 e. The van der Waals surface area contributed by atoms with Crippen LogP contribution in [-0.4, -0.2) is 5.11 Å². The molecule has 0 amide bonds. The van der Waals surface area contributed by atoms with Gasteiger partial charge in [-0.05, 0) is 12.1 Å². The minimum absolute atomic E-state index is 0.105. The molecule has 0 aliphatic carbocycles. The Morgan fingerprint density at radius 2 is 2.07 bits per heavy atom. The molecule has 0 bridgehead atoms. The zero-order valence-corrected chi connectivity index (χ0v) is 8.62. The number of phenolic OH excluding ortho intramolecular Hbond substituents is 1. The number of rotatable bonds is 1. The highest BCUT2D eigenvalue weighted by Crippen LogP contribution is 2.33. The predicted octanol–water partition coefficient (Wildman–Crippen LogP) is 1.55. The van der Waals surface area contributed by atoms with E-state index in [0.717, 1.165) is 0 Å². The van der Waals surface area contributed by atoms with Crippen molar-refractivity contribution in [1.82, 2.24) is 0 Å². The second kappa shape index (κ2) is 4.10. The van der Waals surface area contributed by atoms with Gasteiger partial charge in [0.25, 0.3) is 0 Å². The van der Waals surface area contributed by atoms with Crippen molar-refractivity contribution in [3.8, 4) is 17.9 Å². The summed E-state index contributed by atoms with van der Waals surface area (Å²) in [6.07, 6.45) is 0. The van der Waals surface area contributed by atoms with Crippen molar-refractivity contribution < 1.29 is 5.11 Å². The number of hydrogen-bond acceptors (Lipinski definition) is 4. The monoisotopic (exact) mass is 251 g/mol. The van der Waals surface area contributed by atoms with Crippen LogP contribution in [0.2, 0.25) is 0 Å². The third-order valence-electron chi connectivity index (χ3n) is 1.73. The van der Waals surface area contributed by atoms with Crippen molar-refractivity contribution in [1.29, 1.82) is 10.5 Å². The minimum Gasteiger partial charge on any atom is -0.506 e. The van der Waals surface area contributed by atoms with Gasteiger partial charge in [-0.25, -0.2) is 0 Å². The Hall–Kier alpha value is -1.56. The molecule has 0 saturated heterocycles. The van der Waals surface area contributed by atoms with Crippen molar-refractivity contribution in [2.24, 2.45) is 5.73 Å². The average Bonchev–Trinajstić information content (AvgIpc) is 2.18. The Labute approximate surface area is 89.3 Å². The molecule has 0 aliphatic heterocycles. The summed E-state index contributed by atoms with van der Waals surface area (Å²) in [7, 11) is 0. The van der Waals surface area contributed by atoms with Gasteiger partial charge in [0.1, 0.15) is 17.9 Å². The molecule has 0 saturated carbocycles. The number of benzene rings is 1. The molecule has 70 valence electrons. The molecule has 0 aliphatic rings. The lowest BCUT2D eigenvalue weighted by molar-refractivity contribution is 0.464. The van der Waals surface area contributed by atoms with Crippen molar-refractivity contribution in [2.45, 2.75) is 6.04 Å². The van der Waals surface area contributed by atoms with Crippen molar-refractivity contribution in [3.63, 3.8) is 0 Å². The molecule has 0 aromatic heterocycles. The molecule has 0 fully saturated rings. The van der Waals surface area contributed by atoms with E-state index in [9.17, 15) is 5.11 Å². The molecule has 1 aromatic rings. The van der Waals surface area contributed by atoms with Gasteiger partial charge in [-0.15, -0.1) is 0 Å². The third-order valence-corrected chi connectivity index (χ3v) is 2.43. The van der Waals surface area contributed by atoms with E-state index >= 15 is 0 Å². The molecule has 0 heterocycles. The van der Waals surface area contributed by atoms with E-state index in [-0.39, 0.29) is 16.9 Å². The fourth-order valence-corrected chi connectivity index (χ4v) is 1.60. The maximum absolute atomic E-state index is 9.59. The van der Waals surface area contributed by atoms with Crippen LogP contribution in [0.5, 0.6) is 5.75 Å². The molecule has 0 spiro atoms. The van der Waals surface area contributed by atoms with E-state index < -0.39 is 6.04 Å². The second-order valence-corrected chi connectivity index (χ2v) is 3.43. The average molecular weight is 252 g/mol. The fraction of sp³-hybridized carbons (Fsp3) is 0.111. The molecule has 14 heavy (non-hydrogen) atoms. The summed E-state index contributed by atoms with van der Waals surface area (Å²) in [4.78, 5) is 0. The van der Waals surface area contributed by atoms with Gasteiger partial charge in [-0.1, -0.05) is 15.9 Å². The zero-order valence-electron chi connectivity index (χ0n) is 7.03. The summed E-state index contributed by atoms with van der Waals surface area (Å²) >= 11 is 3.15. The first kappa shape index (κ1) is 10.5. The first-order valence-corrected chi connectivity index (χ1v) is 4.47. The number of nitrogens with two attached hydrogens (primary N) is 1. The van der Waals surface area contributed by atoms with Gasteiger partial charge in [-0.2, -0.15) is 10.5 Å². The number of hydrogen-bond donors (Lipinski definition) is 2. The lowest BCUT2D eigenvalue weighted by atomic mass is 10.0. The predicted molar refractivity (Wildman–Crippen MR) is 53.1 cm³/mol. The first-order valence-electron chi connectivity index (χ1n) is 3.68. The summed E-state index contributed by atoms with van der Waals surface area (Å²) in [5, 5.41) is 26.8. The summed E-state index contributed by atoms with van der Waals surface area (Å²) in [5.41, 5.74) is 5.81. The lowest BCUT2D eigenvalue weighted by Gasteiger charge is -2.09. The summed E-state index contributed by atoms with van der Waals surface area (Å²) in [5.74, 6) is -0.240. The van der Waals surface area contributed by atoms with Gasteiger partial charge in [0, 0.05) is 10.0 Å². The standard InChI is InChI=1S/C9H6BrN3O/c10-6-2-1-5(3-11)9(14)8(6)7(13)4-12/h1-2,7,14H,13H2/t7-/m0/s1. The SMILES string of the molecule is N#Cc1ccc(Br)c([C@@H](N)C#N)c1O.